The predicted molar refractivity (Wildman–Crippen MR) is 84.8 cm³/mol. The number of ether oxygens (including phenoxy) is 1. The van der Waals surface area contributed by atoms with Gasteiger partial charge in [-0.2, -0.15) is 0 Å². The lowest BCUT2D eigenvalue weighted by Gasteiger charge is -2.14. The second-order valence-corrected chi connectivity index (χ2v) is 6.09. The average Bonchev–Trinajstić information content (AvgIpc) is 2.55. The zero-order valence-corrected chi connectivity index (χ0v) is 12.8. The van der Waals surface area contributed by atoms with Gasteiger partial charge < -0.3 is 4.74 Å². The molecule has 1 aromatic rings. The fraction of sp³-hybridized carbons (Fsp3) is 0.368. The lowest BCUT2D eigenvalue weighted by atomic mass is 9.94. The fourth-order valence-electron chi connectivity index (χ4n) is 3.52. The van der Waals surface area contributed by atoms with Crippen LogP contribution in [0, 0.1) is 6.92 Å². The summed E-state index contributed by atoms with van der Waals surface area (Å²) in [5.74, 6) is 0.388. The zero-order chi connectivity index (χ0) is 14.3. The molecule has 1 nitrogen and oxygen atoms in total. The van der Waals surface area contributed by atoms with Gasteiger partial charge >= 0.3 is 0 Å². The van der Waals surface area contributed by atoms with Crippen LogP contribution in [-0.4, -0.2) is 13.7 Å². The molecular weight excluding hydrogens is 244 g/mol. The van der Waals surface area contributed by atoms with Gasteiger partial charge in [-0.3, -0.25) is 0 Å². The van der Waals surface area contributed by atoms with E-state index in [2.05, 4.69) is 51.1 Å². The molecule has 1 heteroatoms. The number of rotatable bonds is 2. The van der Waals surface area contributed by atoms with Crippen molar-refractivity contribution in [1.29, 1.82) is 0 Å². The Balaban J connectivity index is 2.17. The molecule has 1 unspecified atom stereocenters. The number of hydrogen-bond acceptors (Lipinski definition) is 1. The standard InChI is InChI=1S/C19H22O/c1-12-5-6-15-16-9-13(2)7-14(3)10-18(16)19(11-20-4)17(15)8-12/h5-8,10,19H,9,11H2,1-4H3. The van der Waals surface area contributed by atoms with Crippen molar-refractivity contribution in [1.82, 2.24) is 0 Å². The van der Waals surface area contributed by atoms with Gasteiger partial charge in [0.2, 0.25) is 0 Å². The first kappa shape index (κ1) is 13.4. The van der Waals surface area contributed by atoms with Crippen molar-refractivity contribution in [3.8, 4) is 0 Å². The summed E-state index contributed by atoms with van der Waals surface area (Å²) >= 11 is 0. The largest absolute Gasteiger partial charge is 0.384 e. The van der Waals surface area contributed by atoms with Crippen LogP contribution in [0.4, 0.5) is 0 Å². The molecule has 0 spiro atoms. The van der Waals surface area contributed by atoms with Gasteiger partial charge in [-0.05, 0) is 49.5 Å². The van der Waals surface area contributed by atoms with Gasteiger partial charge in [0.15, 0.2) is 0 Å². The molecule has 0 radical (unpaired) electrons. The topological polar surface area (TPSA) is 9.23 Å². The highest BCUT2D eigenvalue weighted by atomic mass is 16.5. The first-order valence-electron chi connectivity index (χ1n) is 7.28. The Morgan fingerprint density at radius 3 is 2.70 bits per heavy atom. The molecule has 1 atom stereocenters. The predicted octanol–water partition coefficient (Wildman–Crippen LogP) is 4.79. The van der Waals surface area contributed by atoms with Gasteiger partial charge in [0.25, 0.3) is 0 Å². The fourth-order valence-corrected chi connectivity index (χ4v) is 3.52. The minimum Gasteiger partial charge on any atom is -0.384 e. The van der Waals surface area contributed by atoms with Gasteiger partial charge in [-0.15, -0.1) is 0 Å². The van der Waals surface area contributed by atoms with Crippen LogP contribution in [0.2, 0.25) is 0 Å². The summed E-state index contributed by atoms with van der Waals surface area (Å²) in [4.78, 5) is 0. The molecule has 0 aromatic heterocycles. The van der Waals surface area contributed by atoms with E-state index in [4.69, 9.17) is 4.74 Å². The number of benzene rings is 1. The SMILES string of the molecule is COCC1C2=C(CC(C)=CC(C)=C2)c2ccc(C)cc21. The maximum atomic E-state index is 5.49. The Bertz CT molecular complexity index is 644. The maximum Gasteiger partial charge on any atom is 0.0572 e. The summed E-state index contributed by atoms with van der Waals surface area (Å²) in [5, 5.41) is 0. The molecule has 20 heavy (non-hydrogen) atoms. The van der Waals surface area contributed by atoms with Crippen molar-refractivity contribution in [2.24, 2.45) is 0 Å². The number of allylic oxidation sites excluding steroid dienone is 5. The number of aryl methyl sites for hydroxylation is 1. The van der Waals surface area contributed by atoms with E-state index < -0.39 is 0 Å². The van der Waals surface area contributed by atoms with Crippen molar-refractivity contribution in [3.63, 3.8) is 0 Å². The van der Waals surface area contributed by atoms with Gasteiger partial charge in [0, 0.05) is 13.0 Å². The van der Waals surface area contributed by atoms with Crippen molar-refractivity contribution < 1.29 is 4.74 Å². The van der Waals surface area contributed by atoms with Crippen molar-refractivity contribution in [3.05, 3.63) is 63.8 Å². The third kappa shape index (κ3) is 2.16. The summed E-state index contributed by atoms with van der Waals surface area (Å²) < 4.78 is 5.49. The quantitative estimate of drug-likeness (QED) is 0.748. The third-order valence-electron chi connectivity index (χ3n) is 4.28. The molecule has 1 aromatic carbocycles. The average molecular weight is 266 g/mol. The highest BCUT2D eigenvalue weighted by Crippen LogP contribution is 2.47. The number of hydrogen-bond donors (Lipinski definition) is 0. The van der Waals surface area contributed by atoms with E-state index in [1.807, 2.05) is 0 Å². The molecule has 0 saturated carbocycles. The van der Waals surface area contributed by atoms with E-state index in [-0.39, 0.29) is 0 Å². The van der Waals surface area contributed by atoms with Gasteiger partial charge in [-0.25, -0.2) is 0 Å². The van der Waals surface area contributed by atoms with Crippen LogP contribution in [0.15, 0.2) is 47.1 Å². The highest BCUT2D eigenvalue weighted by Gasteiger charge is 2.30. The van der Waals surface area contributed by atoms with Crippen LogP contribution < -0.4 is 0 Å². The Morgan fingerprint density at radius 2 is 1.95 bits per heavy atom. The summed E-state index contributed by atoms with van der Waals surface area (Å²) in [6.07, 6.45) is 5.71. The van der Waals surface area contributed by atoms with Crippen LogP contribution >= 0.6 is 0 Å². The lowest BCUT2D eigenvalue weighted by Crippen LogP contribution is -2.06. The van der Waals surface area contributed by atoms with Crippen LogP contribution in [0.3, 0.4) is 0 Å². The Morgan fingerprint density at radius 1 is 1.15 bits per heavy atom. The summed E-state index contributed by atoms with van der Waals surface area (Å²) in [6.45, 7) is 7.35. The van der Waals surface area contributed by atoms with E-state index in [0.717, 1.165) is 13.0 Å². The third-order valence-corrected chi connectivity index (χ3v) is 4.28. The molecule has 0 aliphatic heterocycles. The van der Waals surface area contributed by atoms with Gasteiger partial charge in [0.1, 0.15) is 0 Å². The summed E-state index contributed by atoms with van der Waals surface area (Å²) in [5.41, 5.74) is 9.93. The van der Waals surface area contributed by atoms with E-state index in [0.29, 0.717) is 5.92 Å². The highest BCUT2D eigenvalue weighted by molar-refractivity contribution is 5.83. The monoisotopic (exact) mass is 266 g/mol. The molecule has 0 N–H and O–H groups in total. The van der Waals surface area contributed by atoms with Crippen LogP contribution in [0.25, 0.3) is 5.57 Å². The minimum absolute atomic E-state index is 0.388. The molecular formula is C19H22O. The van der Waals surface area contributed by atoms with Crippen LogP contribution in [0.1, 0.15) is 42.9 Å². The zero-order valence-electron chi connectivity index (χ0n) is 12.8. The molecule has 0 saturated heterocycles. The summed E-state index contributed by atoms with van der Waals surface area (Å²) in [6, 6.07) is 6.84. The van der Waals surface area contributed by atoms with E-state index in [1.165, 1.54) is 39.0 Å². The van der Waals surface area contributed by atoms with Crippen LogP contribution in [0.5, 0.6) is 0 Å². The second kappa shape index (κ2) is 5.06. The van der Waals surface area contributed by atoms with Crippen molar-refractivity contribution >= 4 is 5.57 Å². The first-order chi connectivity index (χ1) is 9.60. The molecule has 3 rings (SSSR count). The van der Waals surface area contributed by atoms with Crippen molar-refractivity contribution in [2.75, 3.05) is 13.7 Å². The maximum absolute atomic E-state index is 5.49. The van der Waals surface area contributed by atoms with Gasteiger partial charge in [0.05, 0.1) is 6.61 Å². The second-order valence-electron chi connectivity index (χ2n) is 6.09. The molecule has 0 bridgehead atoms. The lowest BCUT2D eigenvalue weighted by molar-refractivity contribution is 0.190. The Hall–Kier alpha value is -1.60. The smallest absolute Gasteiger partial charge is 0.0572 e. The molecule has 2 aliphatic rings. The molecule has 0 amide bonds. The van der Waals surface area contributed by atoms with E-state index >= 15 is 0 Å². The number of methoxy groups -OCH3 is 1. The molecule has 104 valence electrons. The summed E-state index contributed by atoms with van der Waals surface area (Å²) in [7, 11) is 1.80. The Kier molecular flexibility index (Phi) is 3.39. The molecule has 2 aliphatic carbocycles. The molecule has 0 fully saturated rings. The van der Waals surface area contributed by atoms with Crippen molar-refractivity contribution in [2.45, 2.75) is 33.1 Å². The Labute approximate surface area is 121 Å². The normalized spacial score (nSPS) is 21.1. The van der Waals surface area contributed by atoms with Crippen LogP contribution in [-0.2, 0) is 4.74 Å². The van der Waals surface area contributed by atoms with Gasteiger partial charge in [-0.1, -0.05) is 47.1 Å². The van der Waals surface area contributed by atoms with E-state index in [1.54, 1.807) is 7.11 Å². The number of fused-ring (bicyclic) bond motifs is 2. The minimum atomic E-state index is 0.388. The van der Waals surface area contributed by atoms with E-state index in [9.17, 15) is 0 Å². The first-order valence-corrected chi connectivity index (χ1v) is 7.28. The molecule has 0 heterocycles.